The number of benzene rings is 3. The molecule has 0 unspecified atom stereocenters. The Kier molecular flexibility index (Phi) is 7.18. The largest absolute Gasteiger partial charge is 0.444 e. The monoisotopic (exact) mass is 376 g/mol. The lowest BCUT2D eigenvalue weighted by Crippen LogP contribution is -2.21. The minimum Gasteiger partial charge on any atom is -0.444 e. The van der Waals surface area contributed by atoms with Gasteiger partial charge in [-0.2, -0.15) is 0 Å². The smallest absolute Gasteiger partial charge is 0.411 e. The van der Waals surface area contributed by atoms with Gasteiger partial charge in [0.1, 0.15) is 6.61 Å². The van der Waals surface area contributed by atoms with Crippen molar-refractivity contribution in [3.05, 3.63) is 102 Å². The number of ether oxygens (including phenoxy) is 1. The maximum atomic E-state index is 11.9. The van der Waals surface area contributed by atoms with E-state index in [1.165, 1.54) is 5.56 Å². The fraction of sp³-hybridized carbons (Fsp3) is 0.174. The number of carbonyl (C=O) groups excluding carboxylic acids is 1. The van der Waals surface area contributed by atoms with Crippen molar-refractivity contribution in [1.82, 2.24) is 5.32 Å². The predicted octanol–water partition coefficient (Wildman–Crippen LogP) is 4.26. The summed E-state index contributed by atoms with van der Waals surface area (Å²) in [6.07, 6.45) is -1.13. The van der Waals surface area contributed by atoms with Crippen LogP contribution in [0.15, 0.2) is 84.9 Å². The van der Waals surface area contributed by atoms with E-state index in [-0.39, 0.29) is 6.61 Å². The number of nitrogens with one attached hydrogen (secondary N) is 2. The highest BCUT2D eigenvalue weighted by molar-refractivity contribution is 5.84. The molecule has 5 heteroatoms. The average Bonchev–Trinajstić information content (AvgIpc) is 2.74. The summed E-state index contributed by atoms with van der Waals surface area (Å²) in [5, 5.41) is 16.2. The first-order valence-corrected chi connectivity index (χ1v) is 9.21. The number of rotatable bonds is 8. The Morgan fingerprint density at radius 1 is 0.857 bits per heavy atom. The number of hydrogen-bond acceptors (Lipinski definition) is 4. The van der Waals surface area contributed by atoms with Crippen LogP contribution in [0.5, 0.6) is 0 Å². The molecule has 0 spiro atoms. The van der Waals surface area contributed by atoms with Gasteiger partial charge in [0.2, 0.25) is 0 Å². The van der Waals surface area contributed by atoms with Gasteiger partial charge in [0, 0.05) is 18.8 Å². The van der Waals surface area contributed by atoms with Crippen molar-refractivity contribution in [2.45, 2.75) is 19.3 Å². The number of carbonyl (C=O) groups is 1. The Hall–Kier alpha value is -3.15. The molecule has 1 atom stereocenters. The summed E-state index contributed by atoms with van der Waals surface area (Å²) in [6, 6.07) is 26.6. The third kappa shape index (κ3) is 6.23. The summed E-state index contributed by atoms with van der Waals surface area (Å²) in [6.45, 7) is 1.36. The lowest BCUT2D eigenvalue weighted by atomic mass is 10.1. The van der Waals surface area contributed by atoms with Gasteiger partial charge in [-0.25, -0.2) is 4.79 Å². The molecule has 0 saturated carbocycles. The molecular weight excluding hydrogens is 352 g/mol. The lowest BCUT2D eigenvalue weighted by molar-refractivity contribution is 0.155. The number of amides is 1. The maximum Gasteiger partial charge on any atom is 0.411 e. The molecule has 1 amide bonds. The summed E-state index contributed by atoms with van der Waals surface area (Å²) in [5.74, 6) is 0. The molecule has 3 aromatic carbocycles. The van der Waals surface area contributed by atoms with Crippen molar-refractivity contribution in [2.75, 3.05) is 11.9 Å². The highest BCUT2D eigenvalue weighted by Crippen LogP contribution is 2.16. The van der Waals surface area contributed by atoms with Crippen LogP contribution in [-0.4, -0.2) is 17.7 Å². The van der Waals surface area contributed by atoms with Crippen molar-refractivity contribution >= 4 is 11.8 Å². The van der Waals surface area contributed by atoms with E-state index < -0.39 is 12.2 Å². The zero-order chi connectivity index (χ0) is 19.6. The van der Waals surface area contributed by atoms with Crippen molar-refractivity contribution in [2.24, 2.45) is 0 Å². The van der Waals surface area contributed by atoms with Crippen LogP contribution in [0.4, 0.5) is 10.5 Å². The van der Waals surface area contributed by atoms with E-state index in [0.717, 1.165) is 11.1 Å². The zero-order valence-corrected chi connectivity index (χ0v) is 15.5. The molecule has 0 saturated heterocycles. The molecule has 3 N–H and O–H groups in total. The molecule has 3 rings (SSSR count). The van der Waals surface area contributed by atoms with Crippen LogP contribution in [0.3, 0.4) is 0 Å². The predicted molar refractivity (Wildman–Crippen MR) is 110 cm³/mol. The molecule has 28 heavy (non-hydrogen) atoms. The Balaban J connectivity index is 1.42. The first-order valence-electron chi connectivity index (χ1n) is 9.21. The van der Waals surface area contributed by atoms with Crippen LogP contribution < -0.4 is 10.6 Å². The Bertz CT molecular complexity index is 852. The van der Waals surface area contributed by atoms with Crippen LogP contribution in [0.25, 0.3) is 0 Å². The summed E-state index contributed by atoms with van der Waals surface area (Å²) < 4.78 is 5.20. The van der Waals surface area contributed by atoms with Gasteiger partial charge in [0.05, 0.1) is 6.10 Å². The number of aliphatic hydroxyl groups is 1. The standard InChI is InChI=1S/C23H24N2O3/c26-22(16-24-15-18-7-3-1-4-8-18)20-11-13-21(14-12-20)25-23(27)28-17-19-9-5-2-6-10-19/h1-14,22,24,26H,15-17H2,(H,25,27)/t22-/m0/s1. The molecule has 0 radical (unpaired) electrons. The van der Waals surface area contributed by atoms with Crippen molar-refractivity contribution in [1.29, 1.82) is 0 Å². The van der Waals surface area contributed by atoms with Gasteiger partial charge >= 0.3 is 6.09 Å². The van der Waals surface area contributed by atoms with Gasteiger partial charge in [0.15, 0.2) is 0 Å². The Labute approximate surface area is 165 Å². The minimum absolute atomic E-state index is 0.219. The van der Waals surface area contributed by atoms with Crippen LogP contribution in [-0.2, 0) is 17.9 Å². The second kappa shape index (κ2) is 10.3. The molecule has 0 heterocycles. The lowest BCUT2D eigenvalue weighted by Gasteiger charge is -2.13. The summed E-state index contributed by atoms with van der Waals surface area (Å²) in [5.41, 5.74) is 3.50. The minimum atomic E-state index is -0.622. The first-order chi connectivity index (χ1) is 13.7. The van der Waals surface area contributed by atoms with Crippen LogP contribution in [0.2, 0.25) is 0 Å². The number of aliphatic hydroxyl groups excluding tert-OH is 1. The van der Waals surface area contributed by atoms with E-state index in [9.17, 15) is 9.90 Å². The van der Waals surface area contributed by atoms with Gasteiger partial charge in [-0.05, 0) is 28.8 Å². The van der Waals surface area contributed by atoms with Crippen LogP contribution in [0.1, 0.15) is 22.8 Å². The van der Waals surface area contributed by atoms with Crippen LogP contribution >= 0.6 is 0 Å². The molecule has 0 fully saturated rings. The molecule has 0 aliphatic rings. The number of anilines is 1. The Morgan fingerprint density at radius 2 is 1.46 bits per heavy atom. The third-order valence-corrected chi connectivity index (χ3v) is 4.26. The van der Waals surface area contributed by atoms with Crippen LogP contribution in [0, 0.1) is 0 Å². The van der Waals surface area contributed by atoms with Crippen molar-refractivity contribution in [3.8, 4) is 0 Å². The molecule has 0 aromatic heterocycles. The quantitative estimate of drug-likeness (QED) is 0.549. The van der Waals surface area contributed by atoms with Crippen molar-refractivity contribution < 1.29 is 14.6 Å². The normalized spacial score (nSPS) is 11.6. The second-order valence-electron chi connectivity index (χ2n) is 6.44. The van der Waals surface area contributed by atoms with E-state index in [4.69, 9.17) is 4.74 Å². The van der Waals surface area contributed by atoms with Gasteiger partial charge < -0.3 is 15.2 Å². The van der Waals surface area contributed by atoms with E-state index in [1.807, 2.05) is 60.7 Å². The molecule has 0 bridgehead atoms. The average molecular weight is 376 g/mol. The summed E-state index contributed by atoms with van der Waals surface area (Å²) in [7, 11) is 0. The number of hydrogen-bond donors (Lipinski definition) is 3. The fourth-order valence-corrected chi connectivity index (χ4v) is 2.73. The van der Waals surface area contributed by atoms with E-state index >= 15 is 0 Å². The summed E-state index contributed by atoms with van der Waals surface area (Å²) >= 11 is 0. The molecule has 0 aliphatic carbocycles. The van der Waals surface area contributed by atoms with Crippen molar-refractivity contribution in [3.63, 3.8) is 0 Å². The second-order valence-corrected chi connectivity index (χ2v) is 6.44. The molecule has 0 aliphatic heterocycles. The van der Waals surface area contributed by atoms with E-state index in [2.05, 4.69) is 10.6 Å². The van der Waals surface area contributed by atoms with Gasteiger partial charge in [0.25, 0.3) is 0 Å². The Morgan fingerprint density at radius 3 is 2.11 bits per heavy atom. The highest BCUT2D eigenvalue weighted by Gasteiger charge is 2.08. The maximum absolute atomic E-state index is 11.9. The zero-order valence-electron chi connectivity index (χ0n) is 15.5. The molecular formula is C23H24N2O3. The highest BCUT2D eigenvalue weighted by atomic mass is 16.5. The summed E-state index contributed by atoms with van der Waals surface area (Å²) in [4.78, 5) is 11.9. The molecule has 3 aromatic rings. The SMILES string of the molecule is O=C(Nc1ccc([C@@H](O)CNCc2ccccc2)cc1)OCc1ccccc1. The van der Waals surface area contributed by atoms with E-state index in [0.29, 0.717) is 18.8 Å². The molecule has 5 nitrogen and oxygen atoms in total. The van der Waals surface area contributed by atoms with Gasteiger partial charge in [-0.15, -0.1) is 0 Å². The molecule has 144 valence electrons. The first kappa shape index (κ1) is 19.6. The third-order valence-electron chi connectivity index (χ3n) is 4.26. The van der Waals surface area contributed by atoms with Gasteiger partial charge in [-0.1, -0.05) is 72.8 Å². The van der Waals surface area contributed by atoms with E-state index in [1.54, 1.807) is 24.3 Å². The topological polar surface area (TPSA) is 70.6 Å². The fourth-order valence-electron chi connectivity index (χ4n) is 2.73. The van der Waals surface area contributed by atoms with Gasteiger partial charge in [-0.3, -0.25) is 5.32 Å².